The molecule has 0 N–H and O–H groups in total. The Hall–Kier alpha value is -0.170. The van der Waals surface area contributed by atoms with Gasteiger partial charge in [0.05, 0.1) is 27.7 Å². The molecule has 9 atom stereocenters. The Balaban J connectivity index is 1.72. The maximum absolute atomic E-state index is 13.4. The highest BCUT2D eigenvalue weighted by Crippen LogP contribution is 2.57. The lowest BCUT2D eigenvalue weighted by Gasteiger charge is -2.39. The maximum Gasteiger partial charge on any atom is 0.475 e. The third kappa shape index (κ3) is 7.41. The van der Waals surface area contributed by atoms with E-state index < -0.39 is 60.0 Å². The van der Waals surface area contributed by atoms with Crippen LogP contribution in [-0.2, 0) is 36.7 Å². The van der Waals surface area contributed by atoms with Crippen molar-refractivity contribution in [2.45, 2.75) is 96.5 Å². The Morgan fingerprint density at radius 2 is 1.97 bits per heavy atom. The number of nitrogens with zero attached hydrogens (tertiary/aromatic N) is 2. The first-order chi connectivity index (χ1) is 17.1. The van der Waals surface area contributed by atoms with Gasteiger partial charge in [-0.1, -0.05) is 0 Å². The van der Waals surface area contributed by atoms with E-state index in [-0.39, 0.29) is 51.6 Å². The van der Waals surface area contributed by atoms with Crippen molar-refractivity contribution in [1.82, 2.24) is 4.67 Å². The predicted molar refractivity (Wildman–Crippen MR) is 124 cm³/mol. The number of hydrogen-bond acceptors (Lipinski definition) is 9. The van der Waals surface area contributed by atoms with Gasteiger partial charge < -0.3 is 23.4 Å². The zero-order valence-electron chi connectivity index (χ0n) is 22.7. The molecule has 0 radical (unpaired) electrons. The van der Waals surface area contributed by atoms with Crippen molar-refractivity contribution in [3.8, 4) is 0 Å². The first kappa shape index (κ1) is 23.2. The van der Waals surface area contributed by atoms with Crippen LogP contribution in [0.4, 0.5) is 0 Å². The summed E-state index contributed by atoms with van der Waals surface area (Å²) in [4.78, 5) is 3.36. The van der Waals surface area contributed by atoms with Gasteiger partial charge in [-0.25, -0.2) is 15.8 Å². The van der Waals surface area contributed by atoms with Gasteiger partial charge in [0.1, 0.15) is 18.8 Å². The largest absolute Gasteiger partial charge is 0.475 e. The molecule has 1 unspecified atom stereocenters. The van der Waals surface area contributed by atoms with E-state index in [2.05, 4.69) is 9.52 Å². The van der Waals surface area contributed by atoms with Crippen molar-refractivity contribution in [2.75, 3.05) is 32.9 Å². The molecule has 3 heterocycles. The van der Waals surface area contributed by atoms with Crippen LogP contribution in [0.3, 0.4) is 0 Å². The minimum Gasteiger partial charge on any atom is -0.376 e. The number of phosphoric acid groups is 1. The van der Waals surface area contributed by atoms with Crippen molar-refractivity contribution >= 4 is 16.3 Å². The molecular weight excluding hydrogens is 470 g/mol. The molecule has 0 amide bonds. The quantitative estimate of drug-likeness (QED) is 0.224. The zero-order chi connectivity index (χ0) is 26.5. The van der Waals surface area contributed by atoms with Gasteiger partial charge in [0, 0.05) is 45.9 Å². The highest BCUT2D eigenvalue weighted by atomic mass is 31.2. The van der Waals surface area contributed by atoms with Crippen LogP contribution in [0.25, 0.3) is 4.85 Å². The standard InChI is InChI=1S/C21H38N2O8P2/c1-15(2)23(16(3)4)32(27-14-10-22-6)29-19-8-12-26-21(19)20-9-13-28-33(24,31-20)30-18-7-11-25-17(18)5/h15-21H,7-14H2,1-5H3/t17-,18+,19+,20-,21+,32?,33+/m1/s1/i5D,11T,12T/t11-,12-,17+,18-,19-,20+,21-,32?,33-/m0. The molecule has 3 aliphatic heterocycles. The zero-order valence-corrected chi connectivity index (χ0v) is 21.5. The highest BCUT2D eigenvalue weighted by molar-refractivity contribution is 7.48. The molecule has 0 aliphatic carbocycles. The molecule has 0 aromatic heterocycles. The SMILES string of the molecule is [2H]C[C@H]1O[C@@H]([3H])C[C@@H]1O[P@]1(=O)OCC[C@H]([C@H]2O[C@@H]([3H])C[C@@H]2OP(OCC[N+]#[C-])N(C(C)C)C(C)C)O1. The summed E-state index contributed by atoms with van der Waals surface area (Å²) >= 11 is 0. The summed E-state index contributed by atoms with van der Waals surface area (Å²) in [7, 11) is -5.57. The monoisotopic (exact) mass is 513 g/mol. The Kier molecular flexibility index (Phi) is 8.94. The van der Waals surface area contributed by atoms with Gasteiger partial charge in [-0.2, -0.15) is 0 Å². The lowest BCUT2D eigenvalue weighted by atomic mass is 10.1. The Morgan fingerprint density at radius 3 is 2.67 bits per heavy atom. The minimum absolute atomic E-state index is 0.0982. The van der Waals surface area contributed by atoms with Crippen molar-refractivity contribution in [2.24, 2.45) is 0 Å². The Labute approximate surface area is 203 Å². The molecule has 0 aromatic carbocycles. The molecule has 3 fully saturated rings. The van der Waals surface area contributed by atoms with Crippen molar-refractivity contribution in [3.63, 3.8) is 0 Å². The second-order valence-electron chi connectivity index (χ2n) is 8.60. The number of rotatable bonds is 11. The number of phosphoric ester groups is 1. The average molecular weight is 514 g/mol. The fraction of sp³-hybridized carbons (Fsp3) is 0.952. The third-order valence-electron chi connectivity index (χ3n) is 5.39. The van der Waals surface area contributed by atoms with Crippen molar-refractivity contribution in [1.29, 1.82) is 0 Å². The smallest absolute Gasteiger partial charge is 0.376 e. The first-order valence-corrected chi connectivity index (χ1v) is 13.9. The fourth-order valence-electron chi connectivity index (χ4n) is 3.92. The Morgan fingerprint density at radius 1 is 1.24 bits per heavy atom. The van der Waals surface area contributed by atoms with Crippen LogP contribution in [0.5, 0.6) is 0 Å². The molecule has 0 spiro atoms. The average Bonchev–Trinajstić information content (AvgIpc) is 3.33. The van der Waals surface area contributed by atoms with Crippen LogP contribution in [0, 0.1) is 6.57 Å². The summed E-state index contributed by atoms with van der Waals surface area (Å²) in [5, 5.41) is 0. The Bertz CT molecular complexity index is 787. The van der Waals surface area contributed by atoms with E-state index in [0.29, 0.717) is 6.42 Å². The van der Waals surface area contributed by atoms with E-state index in [4.69, 9.17) is 42.8 Å². The molecule has 3 saturated heterocycles. The second-order valence-corrected chi connectivity index (χ2v) is 11.6. The molecule has 0 bridgehead atoms. The normalized spacial score (nSPS) is 41.8. The minimum atomic E-state index is -4.01. The van der Waals surface area contributed by atoms with Crippen LogP contribution < -0.4 is 0 Å². The molecule has 0 saturated carbocycles. The number of hydrogen-bond donors (Lipinski definition) is 0. The van der Waals surface area contributed by atoms with Gasteiger partial charge in [-0.3, -0.25) is 13.6 Å². The molecule has 190 valence electrons. The molecule has 12 heteroatoms. The van der Waals surface area contributed by atoms with E-state index in [1.165, 1.54) is 0 Å². The van der Waals surface area contributed by atoms with Crippen molar-refractivity contribution < 1.29 is 40.8 Å². The molecule has 0 aromatic rings. The summed E-state index contributed by atoms with van der Waals surface area (Å²) in [6, 6.07) is 0.230. The highest BCUT2D eigenvalue weighted by Gasteiger charge is 2.47. The summed E-state index contributed by atoms with van der Waals surface area (Å²) in [5.74, 6) is 0. The summed E-state index contributed by atoms with van der Waals surface area (Å²) < 4.78 is 79.5. The van der Waals surface area contributed by atoms with Gasteiger partial charge in [0.15, 0.2) is 0 Å². The van der Waals surface area contributed by atoms with E-state index in [9.17, 15) is 4.57 Å². The third-order valence-corrected chi connectivity index (χ3v) is 9.10. The molecule has 33 heavy (non-hydrogen) atoms. The van der Waals surface area contributed by atoms with E-state index >= 15 is 0 Å². The molecule has 3 aliphatic rings. The first-order valence-electron chi connectivity index (χ1n) is 13.2. The lowest BCUT2D eigenvalue weighted by Crippen LogP contribution is -2.42. The van der Waals surface area contributed by atoms with E-state index in [1.807, 2.05) is 27.7 Å². The molecule has 3 rings (SSSR count). The topological polar surface area (TPSA) is 89.3 Å². The van der Waals surface area contributed by atoms with Gasteiger partial charge in [0.2, 0.25) is 6.54 Å². The van der Waals surface area contributed by atoms with Gasteiger partial charge in [0.25, 0.3) is 8.53 Å². The van der Waals surface area contributed by atoms with Crippen LogP contribution in [0.15, 0.2) is 0 Å². The van der Waals surface area contributed by atoms with Gasteiger partial charge in [-0.15, -0.1) is 0 Å². The van der Waals surface area contributed by atoms with Crippen LogP contribution in [0.1, 0.15) is 58.0 Å². The summed E-state index contributed by atoms with van der Waals surface area (Å²) in [6.45, 7) is 13.9. The summed E-state index contributed by atoms with van der Waals surface area (Å²) in [5.41, 5.74) is 0. The van der Waals surface area contributed by atoms with E-state index in [1.54, 1.807) is 0 Å². The second kappa shape index (κ2) is 12.7. The molecule has 10 nitrogen and oxygen atoms in total. The predicted octanol–water partition coefficient (Wildman–Crippen LogP) is 4.55. The van der Waals surface area contributed by atoms with Gasteiger partial charge in [-0.05, 0) is 34.6 Å². The number of ether oxygens (including phenoxy) is 2. The van der Waals surface area contributed by atoms with Crippen molar-refractivity contribution in [3.05, 3.63) is 11.4 Å². The van der Waals surface area contributed by atoms with Crippen LogP contribution >= 0.6 is 16.3 Å². The maximum atomic E-state index is 13.4. The van der Waals surface area contributed by atoms with E-state index in [0.717, 1.165) is 0 Å². The lowest BCUT2D eigenvalue weighted by molar-refractivity contribution is -0.0772. The van der Waals surface area contributed by atoms with Crippen LogP contribution in [0.2, 0.25) is 0 Å². The fourth-order valence-corrected chi connectivity index (χ4v) is 7.26. The summed E-state index contributed by atoms with van der Waals surface area (Å²) in [6.07, 6.45) is -2.58. The van der Waals surface area contributed by atoms with Gasteiger partial charge >= 0.3 is 7.82 Å². The molecular formula is C21H38N2O8P2. The van der Waals surface area contributed by atoms with Crippen LogP contribution in [-0.4, -0.2) is 80.2 Å².